The maximum atomic E-state index is 13.2. The van der Waals surface area contributed by atoms with Crippen LogP contribution in [0.25, 0.3) is 0 Å². The minimum atomic E-state index is -0.215. The number of ether oxygens (including phenoxy) is 1. The van der Waals surface area contributed by atoms with Gasteiger partial charge in [-0.25, -0.2) is 4.39 Å². The average Bonchev–Trinajstić information content (AvgIpc) is 2.15. The number of hydrogen-bond acceptors (Lipinski definition) is 2. The van der Waals surface area contributed by atoms with Crippen molar-refractivity contribution in [3.05, 3.63) is 29.6 Å². The Kier molecular flexibility index (Phi) is 3.71. The smallest absolute Gasteiger partial charge is 0.130 e. The van der Waals surface area contributed by atoms with Crippen LogP contribution >= 0.6 is 0 Å². The van der Waals surface area contributed by atoms with E-state index in [2.05, 4.69) is 0 Å². The molecular weight excluding hydrogens is 169 g/mol. The van der Waals surface area contributed by atoms with Crippen LogP contribution in [-0.2, 0) is 6.42 Å². The Labute approximate surface area is 77.5 Å². The summed E-state index contributed by atoms with van der Waals surface area (Å²) in [5.41, 5.74) is 5.98. The van der Waals surface area contributed by atoms with Crippen LogP contribution in [0, 0.1) is 5.82 Å². The highest BCUT2D eigenvalue weighted by Crippen LogP contribution is 2.22. The van der Waals surface area contributed by atoms with Crippen LogP contribution in [0.5, 0.6) is 5.75 Å². The van der Waals surface area contributed by atoms with Crippen LogP contribution in [0.4, 0.5) is 4.39 Å². The van der Waals surface area contributed by atoms with E-state index in [1.54, 1.807) is 19.2 Å². The molecule has 1 aromatic rings. The molecule has 13 heavy (non-hydrogen) atoms. The first kappa shape index (κ1) is 9.99. The third-order valence-electron chi connectivity index (χ3n) is 1.93. The lowest BCUT2D eigenvalue weighted by Crippen LogP contribution is -2.03. The molecule has 0 saturated heterocycles. The van der Waals surface area contributed by atoms with Crippen molar-refractivity contribution < 1.29 is 9.13 Å². The van der Waals surface area contributed by atoms with Gasteiger partial charge in [-0.3, -0.25) is 0 Å². The molecule has 3 heteroatoms. The molecule has 0 aliphatic carbocycles. The van der Waals surface area contributed by atoms with Crippen LogP contribution in [-0.4, -0.2) is 13.7 Å². The van der Waals surface area contributed by atoms with Gasteiger partial charge in [0, 0.05) is 5.56 Å². The highest BCUT2D eigenvalue weighted by molar-refractivity contribution is 5.34. The van der Waals surface area contributed by atoms with Gasteiger partial charge in [0.2, 0.25) is 0 Å². The Morgan fingerprint density at radius 2 is 2.23 bits per heavy atom. The molecule has 0 spiro atoms. The lowest BCUT2D eigenvalue weighted by molar-refractivity contribution is 0.404. The second kappa shape index (κ2) is 4.82. The van der Waals surface area contributed by atoms with Crippen molar-refractivity contribution in [2.75, 3.05) is 13.7 Å². The van der Waals surface area contributed by atoms with E-state index in [-0.39, 0.29) is 5.82 Å². The van der Waals surface area contributed by atoms with Crippen molar-refractivity contribution in [1.29, 1.82) is 0 Å². The largest absolute Gasteiger partial charge is 0.496 e. The van der Waals surface area contributed by atoms with Gasteiger partial charge < -0.3 is 10.5 Å². The summed E-state index contributed by atoms with van der Waals surface area (Å²) in [6.07, 6.45) is 1.41. The van der Waals surface area contributed by atoms with Gasteiger partial charge >= 0.3 is 0 Å². The summed E-state index contributed by atoms with van der Waals surface area (Å²) >= 11 is 0. The number of halogens is 1. The van der Waals surface area contributed by atoms with Crippen LogP contribution in [0.3, 0.4) is 0 Å². The monoisotopic (exact) mass is 183 g/mol. The Morgan fingerprint density at radius 3 is 2.85 bits per heavy atom. The molecule has 2 nitrogen and oxygen atoms in total. The summed E-state index contributed by atoms with van der Waals surface area (Å²) in [5.74, 6) is 0.390. The van der Waals surface area contributed by atoms with Crippen molar-refractivity contribution >= 4 is 0 Å². The van der Waals surface area contributed by atoms with Gasteiger partial charge in [0.1, 0.15) is 11.6 Å². The zero-order valence-electron chi connectivity index (χ0n) is 7.72. The minimum absolute atomic E-state index is 0.215. The molecule has 2 N–H and O–H groups in total. The number of benzene rings is 1. The van der Waals surface area contributed by atoms with Gasteiger partial charge in [0.15, 0.2) is 0 Å². The molecule has 0 saturated carbocycles. The molecule has 1 rings (SSSR count). The normalized spacial score (nSPS) is 10.1. The van der Waals surface area contributed by atoms with Gasteiger partial charge in [0.05, 0.1) is 7.11 Å². The van der Waals surface area contributed by atoms with E-state index in [0.717, 1.165) is 6.42 Å². The van der Waals surface area contributed by atoms with Crippen molar-refractivity contribution in [2.45, 2.75) is 12.8 Å². The molecule has 0 amide bonds. The summed E-state index contributed by atoms with van der Waals surface area (Å²) in [6, 6.07) is 4.84. The Morgan fingerprint density at radius 1 is 1.46 bits per heavy atom. The number of methoxy groups -OCH3 is 1. The van der Waals surface area contributed by atoms with Gasteiger partial charge in [0.25, 0.3) is 0 Å². The zero-order valence-corrected chi connectivity index (χ0v) is 7.72. The standard InChI is InChI=1S/C10H14FNO/c1-13-10-6-2-5-9(11)8(10)4-3-7-12/h2,5-6H,3-4,7,12H2,1H3. The Bertz CT molecular complexity index is 276. The maximum absolute atomic E-state index is 13.2. The highest BCUT2D eigenvalue weighted by atomic mass is 19.1. The second-order valence-corrected chi connectivity index (χ2v) is 2.81. The van der Waals surface area contributed by atoms with E-state index < -0.39 is 0 Å². The fourth-order valence-electron chi connectivity index (χ4n) is 1.25. The first-order valence-electron chi connectivity index (χ1n) is 4.31. The third-order valence-corrected chi connectivity index (χ3v) is 1.93. The van der Waals surface area contributed by atoms with Crippen LogP contribution < -0.4 is 10.5 Å². The van der Waals surface area contributed by atoms with Crippen LogP contribution in [0.2, 0.25) is 0 Å². The van der Waals surface area contributed by atoms with Crippen molar-refractivity contribution in [2.24, 2.45) is 5.73 Å². The summed E-state index contributed by atoms with van der Waals surface area (Å²) in [5, 5.41) is 0. The van der Waals surface area contributed by atoms with E-state index in [4.69, 9.17) is 10.5 Å². The maximum Gasteiger partial charge on any atom is 0.130 e. The topological polar surface area (TPSA) is 35.2 Å². The summed E-state index contributed by atoms with van der Waals surface area (Å²) < 4.78 is 18.3. The quantitative estimate of drug-likeness (QED) is 0.771. The van der Waals surface area contributed by atoms with E-state index in [0.29, 0.717) is 24.3 Å². The van der Waals surface area contributed by atoms with Gasteiger partial charge in [-0.15, -0.1) is 0 Å². The third kappa shape index (κ3) is 2.42. The van der Waals surface area contributed by atoms with E-state index in [1.807, 2.05) is 0 Å². The summed E-state index contributed by atoms with van der Waals surface area (Å²) in [6.45, 7) is 0.567. The van der Waals surface area contributed by atoms with E-state index in [9.17, 15) is 4.39 Å². The molecule has 0 unspecified atom stereocenters. The molecule has 0 heterocycles. The highest BCUT2D eigenvalue weighted by Gasteiger charge is 2.07. The SMILES string of the molecule is COc1cccc(F)c1CCCN. The van der Waals surface area contributed by atoms with Gasteiger partial charge in [-0.2, -0.15) is 0 Å². The summed E-state index contributed by atoms with van der Waals surface area (Å²) in [4.78, 5) is 0. The minimum Gasteiger partial charge on any atom is -0.496 e. The molecule has 72 valence electrons. The molecule has 0 aliphatic heterocycles. The number of rotatable bonds is 4. The molecule has 0 aliphatic rings. The molecule has 0 bridgehead atoms. The number of hydrogen-bond donors (Lipinski definition) is 1. The predicted molar refractivity (Wildman–Crippen MR) is 50.3 cm³/mol. The zero-order chi connectivity index (χ0) is 9.68. The van der Waals surface area contributed by atoms with Crippen molar-refractivity contribution in [3.8, 4) is 5.75 Å². The lowest BCUT2D eigenvalue weighted by atomic mass is 10.1. The Hall–Kier alpha value is -1.09. The Balaban J connectivity index is 2.87. The van der Waals surface area contributed by atoms with E-state index in [1.165, 1.54) is 6.07 Å². The lowest BCUT2D eigenvalue weighted by Gasteiger charge is -2.08. The molecule has 1 aromatic carbocycles. The molecule has 0 atom stereocenters. The average molecular weight is 183 g/mol. The first-order valence-corrected chi connectivity index (χ1v) is 4.31. The van der Waals surface area contributed by atoms with Crippen molar-refractivity contribution in [3.63, 3.8) is 0 Å². The second-order valence-electron chi connectivity index (χ2n) is 2.81. The molecule has 0 radical (unpaired) electrons. The van der Waals surface area contributed by atoms with Gasteiger partial charge in [-0.1, -0.05) is 6.07 Å². The van der Waals surface area contributed by atoms with Crippen LogP contribution in [0.15, 0.2) is 18.2 Å². The van der Waals surface area contributed by atoms with Gasteiger partial charge in [-0.05, 0) is 31.5 Å². The first-order chi connectivity index (χ1) is 6.29. The molecular formula is C10H14FNO. The van der Waals surface area contributed by atoms with Crippen molar-refractivity contribution in [1.82, 2.24) is 0 Å². The predicted octanol–water partition coefficient (Wildman–Crippen LogP) is 1.73. The van der Waals surface area contributed by atoms with Crippen LogP contribution in [0.1, 0.15) is 12.0 Å². The fourth-order valence-corrected chi connectivity index (χ4v) is 1.25. The fraction of sp³-hybridized carbons (Fsp3) is 0.400. The number of nitrogens with two attached hydrogens (primary N) is 1. The molecule has 0 aromatic heterocycles. The molecule has 0 fully saturated rings. The summed E-state index contributed by atoms with van der Waals surface area (Å²) in [7, 11) is 1.54. The van der Waals surface area contributed by atoms with E-state index >= 15 is 0 Å².